The minimum absolute atomic E-state index is 0.275. The zero-order valence-corrected chi connectivity index (χ0v) is 17.8. The topological polar surface area (TPSA) is 112 Å². The summed E-state index contributed by atoms with van der Waals surface area (Å²) in [5, 5.41) is 0.904. The van der Waals surface area contributed by atoms with E-state index in [-0.39, 0.29) is 13.0 Å². The predicted molar refractivity (Wildman–Crippen MR) is 112 cm³/mol. The molecule has 3 aromatic rings. The lowest BCUT2D eigenvalue weighted by molar-refractivity contribution is -0.0447. The molecule has 2 heterocycles. The van der Waals surface area contributed by atoms with E-state index in [4.69, 9.17) is 10.5 Å². The molecule has 3 N–H and O–H groups in total. The molecule has 0 radical (unpaired) electrons. The van der Waals surface area contributed by atoms with Gasteiger partial charge in [0.25, 0.3) is 0 Å². The van der Waals surface area contributed by atoms with Crippen molar-refractivity contribution in [2.75, 3.05) is 26.0 Å². The van der Waals surface area contributed by atoms with E-state index in [1.165, 1.54) is 0 Å². The summed E-state index contributed by atoms with van der Waals surface area (Å²) in [5.74, 6) is 1.10. The van der Waals surface area contributed by atoms with Crippen LogP contribution in [0.15, 0.2) is 24.3 Å². The first-order valence-corrected chi connectivity index (χ1v) is 11.2. The summed E-state index contributed by atoms with van der Waals surface area (Å²) in [6.45, 7) is 0.742. The number of methoxy groups -OCH3 is 1. The number of nitrogens with one attached hydrogen (secondary N) is 1. The number of pyridine rings is 1. The molecule has 170 valence electrons. The lowest BCUT2D eigenvalue weighted by atomic mass is 10.1. The van der Waals surface area contributed by atoms with Crippen molar-refractivity contribution in [2.24, 2.45) is 0 Å². The minimum atomic E-state index is -5.30. The van der Waals surface area contributed by atoms with Crippen LogP contribution in [0, 0.1) is 0 Å². The predicted octanol–water partition coefficient (Wildman–Crippen LogP) is 2.97. The summed E-state index contributed by atoms with van der Waals surface area (Å²) in [7, 11) is -3.71. The van der Waals surface area contributed by atoms with Gasteiger partial charge in [-0.15, -0.1) is 0 Å². The van der Waals surface area contributed by atoms with Crippen molar-refractivity contribution in [3.63, 3.8) is 0 Å². The van der Waals surface area contributed by atoms with Crippen molar-refractivity contribution in [3.8, 4) is 0 Å². The molecule has 31 heavy (non-hydrogen) atoms. The molecule has 0 aliphatic carbocycles. The third kappa shape index (κ3) is 5.08. The number of sulfonamides is 1. The van der Waals surface area contributed by atoms with Crippen molar-refractivity contribution >= 4 is 37.8 Å². The number of halogens is 3. The molecule has 0 amide bonds. The van der Waals surface area contributed by atoms with Gasteiger partial charge in [0.15, 0.2) is 5.82 Å². The number of unbranched alkanes of at least 4 members (excludes halogenated alkanes) is 2. The Morgan fingerprint density at radius 1 is 1.16 bits per heavy atom. The van der Waals surface area contributed by atoms with Crippen LogP contribution >= 0.6 is 0 Å². The summed E-state index contributed by atoms with van der Waals surface area (Å²) in [6.07, 6.45) is 1.99. The molecule has 0 unspecified atom stereocenters. The van der Waals surface area contributed by atoms with E-state index < -0.39 is 15.5 Å². The number of fused-ring (bicyclic) bond motifs is 3. The second-order valence-electron chi connectivity index (χ2n) is 7.04. The summed E-state index contributed by atoms with van der Waals surface area (Å²) in [5.41, 5.74) is 3.03. The zero-order chi connectivity index (χ0) is 22.6. The second-order valence-corrected chi connectivity index (χ2v) is 8.80. The van der Waals surface area contributed by atoms with Gasteiger partial charge < -0.3 is 15.0 Å². The summed E-state index contributed by atoms with van der Waals surface area (Å²) in [4.78, 5) is 9.07. The van der Waals surface area contributed by atoms with Crippen molar-refractivity contribution in [2.45, 2.75) is 37.7 Å². The van der Waals surface area contributed by atoms with Crippen LogP contribution in [0.3, 0.4) is 0 Å². The van der Waals surface area contributed by atoms with Gasteiger partial charge in [0.2, 0.25) is 0 Å². The Morgan fingerprint density at radius 3 is 2.61 bits per heavy atom. The zero-order valence-electron chi connectivity index (χ0n) is 16.9. The van der Waals surface area contributed by atoms with Gasteiger partial charge in [0.05, 0.1) is 17.6 Å². The maximum absolute atomic E-state index is 12.4. The summed E-state index contributed by atoms with van der Waals surface area (Å²) in [6, 6.07) is 7.58. The third-order valence-electron chi connectivity index (χ3n) is 4.87. The number of rotatable bonds is 10. The quantitative estimate of drug-likeness (QED) is 0.451. The molecule has 0 aliphatic rings. The van der Waals surface area contributed by atoms with Gasteiger partial charge >= 0.3 is 15.5 Å². The molecule has 0 atom stereocenters. The van der Waals surface area contributed by atoms with Gasteiger partial charge in [-0.3, -0.25) is 0 Å². The van der Waals surface area contributed by atoms with Crippen molar-refractivity contribution < 1.29 is 26.3 Å². The number of nitrogens with zero attached hydrogens (tertiary/aromatic N) is 3. The number of anilines is 1. The molecule has 1 aromatic carbocycles. The van der Waals surface area contributed by atoms with Crippen LogP contribution in [0.4, 0.5) is 19.0 Å². The molecule has 12 heteroatoms. The fourth-order valence-corrected chi connectivity index (χ4v) is 3.97. The molecule has 0 fully saturated rings. The number of nitrogen functional groups attached to an aromatic ring is 1. The first-order chi connectivity index (χ1) is 14.7. The van der Waals surface area contributed by atoms with Crippen LogP contribution < -0.4 is 10.5 Å². The van der Waals surface area contributed by atoms with E-state index in [1.54, 1.807) is 11.8 Å². The Bertz CT molecular complexity index is 1160. The summed E-state index contributed by atoms with van der Waals surface area (Å²) >= 11 is 0. The van der Waals surface area contributed by atoms with E-state index in [0.29, 0.717) is 43.7 Å². The standard InChI is InChI=1S/C19H24F3N5O3S/c1-30-12-9-15-26-16-17(13-7-3-4-8-14(13)25-18(16)23)27(15)11-6-2-5-10-24-31(28,29)19(20,21)22/h3-4,7-8,24H,2,5-6,9-12H2,1H3,(H2,23,25). The Morgan fingerprint density at radius 2 is 1.90 bits per heavy atom. The first-order valence-electron chi connectivity index (χ1n) is 9.74. The number of para-hydroxylation sites is 1. The fraction of sp³-hybridized carbons (Fsp3) is 0.474. The number of benzene rings is 1. The highest BCUT2D eigenvalue weighted by Gasteiger charge is 2.45. The van der Waals surface area contributed by atoms with Crippen molar-refractivity contribution in [3.05, 3.63) is 30.1 Å². The first kappa shape index (κ1) is 23.2. The van der Waals surface area contributed by atoms with Gasteiger partial charge in [0, 0.05) is 32.0 Å². The number of aryl methyl sites for hydroxylation is 1. The fourth-order valence-electron chi connectivity index (χ4n) is 3.39. The van der Waals surface area contributed by atoms with E-state index in [2.05, 4.69) is 9.97 Å². The highest BCUT2D eigenvalue weighted by molar-refractivity contribution is 7.90. The molecule has 0 spiro atoms. The van der Waals surface area contributed by atoms with Gasteiger partial charge in [0.1, 0.15) is 11.3 Å². The molecule has 0 saturated heterocycles. The number of alkyl halides is 3. The van der Waals surface area contributed by atoms with Gasteiger partial charge in [-0.1, -0.05) is 24.6 Å². The van der Waals surface area contributed by atoms with Crippen LogP contribution in [-0.2, 0) is 27.7 Å². The smallest absolute Gasteiger partial charge is 0.384 e. The SMILES string of the molecule is COCCc1nc2c(N)nc3ccccc3c2n1CCCCCNS(=O)(=O)C(F)(F)F. The number of nitrogens with two attached hydrogens (primary N) is 1. The van der Waals surface area contributed by atoms with Crippen LogP contribution in [0.5, 0.6) is 0 Å². The lowest BCUT2D eigenvalue weighted by Crippen LogP contribution is -2.36. The number of ether oxygens (including phenoxy) is 1. The van der Waals surface area contributed by atoms with E-state index in [1.807, 2.05) is 28.8 Å². The van der Waals surface area contributed by atoms with Gasteiger partial charge in [-0.25, -0.2) is 23.1 Å². The van der Waals surface area contributed by atoms with Crippen LogP contribution in [0.25, 0.3) is 21.9 Å². The molecule has 8 nitrogen and oxygen atoms in total. The van der Waals surface area contributed by atoms with Crippen LogP contribution in [-0.4, -0.2) is 48.7 Å². The molecule has 0 saturated carbocycles. The lowest BCUT2D eigenvalue weighted by Gasteiger charge is -2.12. The van der Waals surface area contributed by atoms with E-state index in [0.717, 1.165) is 22.2 Å². The van der Waals surface area contributed by atoms with Crippen molar-refractivity contribution in [1.82, 2.24) is 19.3 Å². The highest BCUT2D eigenvalue weighted by atomic mass is 32.2. The molecular weight excluding hydrogens is 435 g/mol. The second kappa shape index (κ2) is 9.37. The molecular formula is C19H24F3N5O3S. The summed E-state index contributed by atoms with van der Waals surface area (Å²) < 4.78 is 68.0. The minimum Gasteiger partial charge on any atom is -0.384 e. The number of aromatic nitrogens is 3. The van der Waals surface area contributed by atoms with Gasteiger partial charge in [-0.05, 0) is 18.9 Å². The molecule has 0 bridgehead atoms. The van der Waals surface area contributed by atoms with Crippen LogP contribution in [0.2, 0.25) is 0 Å². The van der Waals surface area contributed by atoms with E-state index >= 15 is 0 Å². The monoisotopic (exact) mass is 459 g/mol. The highest BCUT2D eigenvalue weighted by Crippen LogP contribution is 2.29. The van der Waals surface area contributed by atoms with E-state index in [9.17, 15) is 21.6 Å². The normalized spacial score (nSPS) is 12.8. The average molecular weight is 459 g/mol. The Hall–Kier alpha value is -2.44. The average Bonchev–Trinajstić information content (AvgIpc) is 3.07. The van der Waals surface area contributed by atoms with Gasteiger partial charge in [-0.2, -0.15) is 13.2 Å². The largest absolute Gasteiger partial charge is 0.511 e. The maximum Gasteiger partial charge on any atom is 0.511 e. The van der Waals surface area contributed by atoms with Crippen molar-refractivity contribution in [1.29, 1.82) is 0 Å². The molecule has 0 aliphatic heterocycles. The number of imidazole rings is 1. The third-order valence-corrected chi connectivity index (χ3v) is 6.07. The Kier molecular flexibility index (Phi) is 7.02. The maximum atomic E-state index is 12.4. The molecule has 3 rings (SSSR count). The Balaban J connectivity index is 1.76. The van der Waals surface area contributed by atoms with Crippen LogP contribution in [0.1, 0.15) is 25.1 Å². The number of hydrogen-bond donors (Lipinski definition) is 2. The molecule has 2 aromatic heterocycles. The number of hydrogen-bond acceptors (Lipinski definition) is 6. The Labute approximate surface area is 177 Å².